The van der Waals surface area contributed by atoms with Crippen molar-refractivity contribution in [2.75, 3.05) is 6.54 Å². The van der Waals surface area contributed by atoms with Crippen molar-refractivity contribution in [3.05, 3.63) is 65.5 Å². The smallest absolute Gasteiger partial charge is 0.240 e. The summed E-state index contributed by atoms with van der Waals surface area (Å²) in [6.07, 6.45) is -0.519. The highest BCUT2D eigenvalue weighted by atomic mass is 32.2. The van der Waals surface area contributed by atoms with Crippen LogP contribution < -0.4 is 4.72 Å². The van der Waals surface area contributed by atoms with Gasteiger partial charge in [0, 0.05) is 6.54 Å². The number of aryl methyl sites for hydroxylation is 1. The van der Waals surface area contributed by atoms with Gasteiger partial charge >= 0.3 is 0 Å². The van der Waals surface area contributed by atoms with Crippen LogP contribution in [0.2, 0.25) is 0 Å². The molecule has 4 nitrogen and oxygen atoms in total. The van der Waals surface area contributed by atoms with Crippen LogP contribution in [0.15, 0.2) is 53.4 Å². The fourth-order valence-electron chi connectivity index (χ4n) is 2.11. The molecule has 0 saturated carbocycles. The monoisotopic (exact) mass is 323 g/mol. The summed E-state index contributed by atoms with van der Waals surface area (Å²) in [6, 6.07) is 12.6. The van der Waals surface area contributed by atoms with Crippen molar-refractivity contribution in [1.82, 2.24) is 4.72 Å². The van der Waals surface area contributed by atoms with E-state index in [2.05, 4.69) is 4.72 Å². The quantitative estimate of drug-likeness (QED) is 0.858. The van der Waals surface area contributed by atoms with Crippen LogP contribution >= 0.6 is 0 Å². The number of aliphatic hydroxyl groups excluding tert-OH is 1. The first-order valence-corrected chi connectivity index (χ1v) is 8.37. The van der Waals surface area contributed by atoms with Crippen molar-refractivity contribution in [3.8, 4) is 0 Å². The van der Waals surface area contributed by atoms with E-state index in [1.807, 2.05) is 6.07 Å². The fraction of sp³-hybridized carbons (Fsp3) is 0.250. The number of halogens is 1. The third kappa shape index (κ3) is 4.13. The Hall–Kier alpha value is -1.76. The van der Waals surface area contributed by atoms with E-state index < -0.39 is 21.9 Å². The summed E-state index contributed by atoms with van der Waals surface area (Å²) in [5, 5.41) is 9.99. The minimum atomic E-state index is -3.79. The van der Waals surface area contributed by atoms with E-state index in [0.717, 1.165) is 11.6 Å². The summed E-state index contributed by atoms with van der Waals surface area (Å²) in [7, 11) is -3.79. The third-order valence-corrected chi connectivity index (χ3v) is 4.94. The Balaban J connectivity index is 2.00. The van der Waals surface area contributed by atoms with Crippen molar-refractivity contribution in [2.24, 2.45) is 0 Å². The summed E-state index contributed by atoms with van der Waals surface area (Å²) in [5.74, 6) is -0.602. The highest BCUT2D eigenvalue weighted by Gasteiger charge is 2.18. The number of rotatable bonds is 6. The lowest BCUT2D eigenvalue weighted by Crippen LogP contribution is -2.26. The molecular formula is C16H18FNO3S. The lowest BCUT2D eigenvalue weighted by Gasteiger charge is -2.13. The predicted octanol–water partition coefficient (Wildman–Crippen LogP) is 2.54. The van der Waals surface area contributed by atoms with Gasteiger partial charge in [0.2, 0.25) is 10.0 Å². The maximum Gasteiger partial charge on any atom is 0.240 e. The first-order chi connectivity index (χ1) is 10.4. The molecular weight excluding hydrogens is 305 g/mol. The number of aliphatic hydroxyl groups is 1. The Morgan fingerprint density at radius 3 is 2.55 bits per heavy atom. The molecule has 0 radical (unpaired) electrons. The molecule has 2 rings (SSSR count). The van der Waals surface area contributed by atoms with E-state index in [-0.39, 0.29) is 17.9 Å². The second-order valence-electron chi connectivity index (χ2n) is 5.02. The zero-order chi connectivity index (χ0) is 16.2. The Labute approximate surface area is 129 Å². The minimum Gasteiger partial charge on any atom is -0.388 e. The van der Waals surface area contributed by atoms with Gasteiger partial charge < -0.3 is 5.11 Å². The van der Waals surface area contributed by atoms with Gasteiger partial charge in [0.05, 0.1) is 11.0 Å². The molecule has 0 fully saturated rings. The van der Waals surface area contributed by atoms with Crippen LogP contribution in [0.1, 0.15) is 23.7 Å². The molecule has 0 spiro atoms. The molecule has 0 aromatic heterocycles. The van der Waals surface area contributed by atoms with E-state index in [1.165, 1.54) is 12.1 Å². The van der Waals surface area contributed by atoms with Crippen molar-refractivity contribution >= 4 is 10.0 Å². The van der Waals surface area contributed by atoms with Crippen LogP contribution in [-0.2, 0) is 10.0 Å². The van der Waals surface area contributed by atoms with Gasteiger partial charge in [0.15, 0.2) is 0 Å². The summed E-state index contributed by atoms with van der Waals surface area (Å²) in [6.45, 7) is 1.67. The zero-order valence-electron chi connectivity index (χ0n) is 12.2. The van der Waals surface area contributed by atoms with Gasteiger partial charge in [-0.15, -0.1) is 0 Å². The minimum absolute atomic E-state index is 0.0638. The van der Waals surface area contributed by atoms with Crippen LogP contribution in [0, 0.1) is 12.7 Å². The van der Waals surface area contributed by atoms with Crippen LogP contribution in [-0.4, -0.2) is 20.1 Å². The van der Waals surface area contributed by atoms with Crippen molar-refractivity contribution in [2.45, 2.75) is 24.3 Å². The average molecular weight is 323 g/mol. The molecule has 6 heteroatoms. The standard InChI is InChI=1S/C16H18FNO3S/c1-12-7-8-14(17)11-16(12)22(20,21)18-10-9-15(19)13-5-3-2-4-6-13/h2-8,11,15,18-19H,9-10H2,1H3. The molecule has 2 aromatic rings. The fourth-order valence-corrected chi connectivity index (χ4v) is 3.41. The van der Waals surface area contributed by atoms with Gasteiger partial charge in [-0.1, -0.05) is 36.4 Å². The molecule has 0 aliphatic rings. The van der Waals surface area contributed by atoms with E-state index in [4.69, 9.17) is 0 Å². The molecule has 2 aromatic carbocycles. The van der Waals surface area contributed by atoms with E-state index in [1.54, 1.807) is 31.2 Å². The van der Waals surface area contributed by atoms with E-state index in [0.29, 0.717) is 5.56 Å². The van der Waals surface area contributed by atoms with Crippen LogP contribution in [0.25, 0.3) is 0 Å². The van der Waals surface area contributed by atoms with Crippen molar-refractivity contribution < 1.29 is 17.9 Å². The number of nitrogens with one attached hydrogen (secondary N) is 1. The molecule has 22 heavy (non-hydrogen) atoms. The van der Waals surface area contributed by atoms with Crippen LogP contribution in [0.3, 0.4) is 0 Å². The lowest BCUT2D eigenvalue weighted by molar-refractivity contribution is 0.169. The topological polar surface area (TPSA) is 66.4 Å². The molecule has 0 amide bonds. The lowest BCUT2D eigenvalue weighted by atomic mass is 10.1. The maximum absolute atomic E-state index is 13.2. The molecule has 0 saturated heterocycles. The Kier molecular flexibility index (Phi) is 5.28. The Morgan fingerprint density at radius 1 is 1.18 bits per heavy atom. The van der Waals surface area contributed by atoms with E-state index in [9.17, 15) is 17.9 Å². The van der Waals surface area contributed by atoms with Gasteiger partial charge in [-0.3, -0.25) is 0 Å². The second kappa shape index (κ2) is 7.00. The molecule has 0 aliphatic heterocycles. The number of sulfonamides is 1. The Morgan fingerprint density at radius 2 is 1.86 bits per heavy atom. The molecule has 0 heterocycles. The summed E-state index contributed by atoms with van der Waals surface area (Å²) >= 11 is 0. The molecule has 1 atom stereocenters. The summed E-state index contributed by atoms with van der Waals surface area (Å²) in [5.41, 5.74) is 1.20. The maximum atomic E-state index is 13.2. The molecule has 2 N–H and O–H groups in total. The summed E-state index contributed by atoms with van der Waals surface area (Å²) in [4.78, 5) is -0.0818. The zero-order valence-corrected chi connectivity index (χ0v) is 13.0. The van der Waals surface area contributed by atoms with Gasteiger partial charge in [-0.25, -0.2) is 17.5 Å². The van der Waals surface area contributed by atoms with E-state index >= 15 is 0 Å². The number of benzene rings is 2. The average Bonchev–Trinajstić information content (AvgIpc) is 2.50. The molecule has 118 valence electrons. The highest BCUT2D eigenvalue weighted by Crippen LogP contribution is 2.18. The van der Waals surface area contributed by atoms with Gasteiger partial charge in [-0.2, -0.15) is 0 Å². The Bertz CT molecular complexity index is 732. The van der Waals surface area contributed by atoms with Gasteiger partial charge in [-0.05, 0) is 36.6 Å². The first kappa shape index (κ1) is 16.6. The molecule has 0 bridgehead atoms. The number of hydrogen-bond acceptors (Lipinski definition) is 3. The van der Waals surface area contributed by atoms with Crippen molar-refractivity contribution in [1.29, 1.82) is 0 Å². The third-order valence-electron chi connectivity index (χ3n) is 3.33. The van der Waals surface area contributed by atoms with Crippen LogP contribution in [0.5, 0.6) is 0 Å². The van der Waals surface area contributed by atoms with Gasteiger partial charge in [0.25, 0.3) is 0 Å². The normalized spacial score (nSPS) is 13.0. The number of hydrogen-bond donors (Lipinski definition) is 2. The summed E-state index contributed by atoms with van der Waals surface area (Å²) < 4.78 is 39.9. The second-order valence-corrected chi connectivity index (χ2v) is 6.76. The predicted molar refractivity (Wildman–Crippen MR) is 82.3 cm³/mol. The molecule has 0 aliphatic carbocycles. The largest absolute Gasteiger partial charge is 0.388 e. The van der Waals surface area contributed by atoms with Crippen LogP contribution in [0.4, 0.5) is 4.39 Å². The van der Waals surface area contributed by atoms with Gasteiger partial charge in [0.1, 0.15) is 5.82 Å². The molecule has 1 unspecified atom stereocenters. The van der Waals surface area contributed by atoms with Crippen molar-refractivity contribution in [3.63, 3.8) is 0 Å². The SMILES string of the molecule is Cc1ccc(F)cc1S(=O)(=O)NCCC(O)c1ccccc1. The first-order valence-electron chi connectivity index (χ1n) is 6.89. The highest BCUT2D eigenvalue weighted by molar-refractivity contribution is 7.89.